The summed E-state index contributed by atoms with van der Waals surface area (Å²) in [6.07, 6.45) is 0.341. The van der Waals surface area contributed by atoms with Crippen molar-refractivity contribution in [3.63, 3.8) is 0 Å². The number of thiazole rings is 1. The van der Waals surface area contributed by atoms with Crippen molar-refractivity contribution in [2.75, 3.05) is 6.54 Å². The molecule has 0 saturated heterocycles. The van der Waals surface area contributed by atoms with Gasteiger partial charge in [-0.2, -0.15) is 18.3 Å². The van der Waals surface area contributed by atoms with Gasteiger partial charge in [0.15, 0.2) is 5.69 Å². The van der Waals surface area contributed by atoms with Crippen molar-refractivity contribution < 1.29 is 18.0 Å². The van der Waals surface area contributed by atoms with E-state index in [0.717, 1.165) is 31.1 Å². The molecule has 9 heteroatoms. The molecule has 0 saturated carbocycles. The first-order valence-electron chi connectivity index (χ1n) is 6.65. The Morgan fingerprint density at radius 3 is 2.82 bits per heavy atom. The Bertz CT molecular complexity index is 622. The molecule has 0 bridgehead atoms. The van der Waals surface area contributed by atoms with E-state index in [4.69, 9.17) is 0 Å². The molecule has 0 aliphatic rings. The van der Waals surface area contributed by atoms with E-state index >= 15 is 0 Å². The Morgan fingerprint density at radius 2 is 2.18 bits per heavy atom. The number of hydrogen-bond donors (Lipinski definition) is 1. The van der Waals surface area contributed by atoms with Crippen LogP contribution in [0, 0.1) is 0 Å². The van der Waals surface area contributed by atoms with E-state index in [0.29, 0.717) is 17.6 Å². The van der Waals surface area contributed by atoms with Gasteiger partial charge in [-0.3, -0.25) is 9.48 Å². The van der Waals surface area contributed by atoms with E-state index < -0.39 is 23.3 Å². The van der Waals surface area contributed by atoms with E-state index in [1.54, 1.807) is 17.5 Å². The second kappa shape index (κ2) is 6.91. The number of nitrogens with zero attached hydrogens (tertiary/aromatic N) is 3. The first kappa shape index (κ1) is 16.5. The summed E-state index contributed by atoms with van der Waals surface area (Å²) < 4.78 is 39.2. The first-order valence-corrected chi connectivity index (χ1v) is 7.53. The number of carbonyl (C=O) groups is 1. The molecule has 1 N–H and O–H groups in total. The number of aryl methyl sites for hydroxylation is 2. The zero-order valence-corrected chi connectivity index (χ0v) is 12.7. The molecule has 0 aliphatic carbocycles. The van der Waals surface area contributed by atoms with Crippen LogP contribution in [0.25, 0.3) is 0 Å². The summed E-state index contributed by atoms with van der Waals surface area (Å²) >= 11 is 1.56. The highest BCUT2D eigenvalue weighted by molar-refractivity contribution is 7.09. The van der Waals surface area contributed by atoms with Crippen LogP contribution in [-0.4, -0.2) is 27.2 Å². The number of halogens is 3. The van der Waals surface area contributed by atoms with Crippen molar-refractivity contribution in [3.05, 3.63) is 34.0 Å². The molecule has 0 unspecified atom stereocenters. The number of aromatic nitrogens is 3. The first-order chi connectivity index (χ1) is 10.4. The molecule has 22 heavy (non-hydrogen) atoms. The predicted molar refractivity (Wildman–Crippen MR) is 75.6 cm³/mol. The predicted octanol–water partition coefficient (Wildman–Crippen LogP) is 2.65. The topological polar surface area (TPSA) is 59.8 Å². The lowest BCUT2D eigenvalue weighted by Gasteiger charge is -2.10. The Hall–Kier alpha value is -1.90. The molecule has 1 amide bonds. The summed E-state index contributed by atoms with van der Waals surface area (Å²) in [5.41, 5.74) is -1.48. The molecule has 0 radical (unpaired) electrons. The van der Waals surface area contributed by atoms with Crippen LogP contribution in [0.2, 0.25) is 0 Å². The van der Waals surface area contributed by atoms with Gasteiger partial charge in [0.1, 0.15) is 0 Å². The minimum atomic E-state index is -4.61. The second-order valence-corrected chi connectivity index (χ2v) is 5.65. The van der Waals surface area contributed by atoms with E-state index in [1.165, 1.54) is 0 Å². The average molecular weight is 332 g/mol. The maximum Gasteiger partial charge on any atom is 0.433 e. The maximum atomic E-state index is 12.9. The average Bonchev–Trinajstić information content (AvgIpc) is 3.06. The summed E-state index contributed by atoms with van der Waals surface area (Å²) in [6.45, 7) is 0.316. The normalized spacial score (nSPS) is 11.6. The molecular formula is C13H15F3N4OS. The fraction of sp³-hybridized carbons (Fsp3) is 0.462. The molecule has 0 aromatic carbocycles. The highest BCUT2D eigenvalue weighted by Gasteiger charge is 2.39. The molecule has 0 spiro atoms. The van der Waals surface area contributed by atoms with Gasteiger partial charge in [-0.25, -0.2) is 4.98 Å². The van der Waals surface area contributed by atoms with Gasteiger partial charge in [-0.05, 0) is 19.3 Å². The smallest absolute Gasteiger partial charge is 0.352 e. The standard InChI is InChI=1S/C13H15F3N4OS/c1-20-11(13(14,15)16)9(8-19-20)12(21)18-5-3-2-4-10-17-6-7-22-10/h6-8H,2-5H2,1H3,(H,18,21). The SMILES string of the molecule is Cn1ncc(C(=O)NCCCCc2nccs2)c1C(F)(F)F. The lowest BCUT2D eigenvalue weighted by molar-refractivity contribution is -0.144. The summed E-state index contributed by atoms with van der Waals surface area (Å²) in [5.74, 6) is -0.755. The van der Waals surface area contributed by atoms with E-state index in [-0.39, 0.29) is 0 Å². The summed E-state index contributed by atoms with van der Waals surface area (Å²) in [7, 11) is 1.16. The zero-order chi connectivity index (χ0) is 16.2. The fourth-order valence-corrected chi connectivity index (χ4v) is 2.68. The van der Waals surface area contributed by atoms with Crippen LogP contribution in [0.5, 0.6) is 0 Å². The van der Waals surface area contributed by atoms with Crippen molar-refractivity contribution in [1.82, 2.24) is 20.1 Å². The quantitative estimate of drug-likeness (QED) is 0.827. The van der Waals surface area contributed by atoms with Gasteiger partial charge in [0.25, 0.3) is 5.91 Å². The maximum absolute atomic E-state index is 12.9. The minimum Gasteiger partial charge on any atom is -0.352 e. The Morgan fingerprint density at radius 1 is 1.41 bits per heavy atom. The Balaban J connectivity index is 1.83. The molecule has 120 valence electrons. The number of nitrogens with one attached hydrogen (secondary N) is 1. The van der Waals surface area contributed by atoms with E-state index in [1.807, 2.05) is 5.38 Å². The van der Waals surface area contributed by atoms with Gasteiger partial charge in [0.2, 0.25) is 0 Å². The van der Waals surface area contributed by atoms with Crippen molar-refractivity contribution in [1.29, 1.82) is 0 Å². The third-order valence-electron chi connectivity index (χ3n) is 3.04. The van der Waals surface area contributed by atoms with E-state index in [2.05, 4.69) is 15.4 Å². The fourth-order valence-electron chi connectivity index (χ4n) is 2.01. The van der Waals surface area contributed by atoms with Crippen LogP contribution < -0.4 is 5.32 Å². The highest BCUT2D eigenvalue weighted by Crippen LogP contribution is 2.31. The van der Waals surface area contributed by atoms with Crippen LogP contribution in [0.3, 0.4) is 0 Å². The third-order valence-corrected chi connectivity index (χ3v) is 3.88. The largest absolute Gasteiger partial charge is 0.433 e. The number of carbonyl (C=O) groups excluding carboxylic acids is 1. The zero-order valence-electron chi connectivity index (χ0n) is 11.9. The van der Waals surface area contributed by atoms with Gasteiger partial charge in [0.05, 0.1) is 16.8 Å². The van der Waals surface area contributed by atoms with Crippen LogP contribution in [-0.2, 0) is 19.6 Å². The van der Waals surface area contributed by atoms with Gasteiger partial charge in [-0.15, -0.1) is 11.3 Å². The minimum absolute atomic E-state index is 0.316. The highest BCUT2D eigenvalue weighted by atomic mass is 32.1. The van der Waals surface area contributed by atoms with Crippen LogP contribution in [0.1, 0.15) is 33.9 Å². The monoisotopic (exact) mass is 332 g/mol. The number of amides is 1. The molecule has 2 rings (SSSR count). The van der Waals surface area contributed by atoms with Crippen molar-refractivity contribution >= 4 is 17.2 Å². The molecular weight excluding hydrogens is 317 g/mol. The lowest BCUT2D eigenvalue weighted by atomic mass is 10.2. The lowest BCUT2D eigenvalue weighted by Crippen LogP contribution is -2.27. The van der Waals surface area contributed by atoms with Crippen LogP contribution >= 0.6 is 11.3 Å². The molecule has 2 aromatic rings. The number of hydrogen-bond acceptors (Lipinski definition) is 4. The molecule has 2 aromatic heterocycles. The summed E-state index contributed by atoms with van der Waals surface area (Å²) in [6, 6.07) is 0. The van der Waals surface area contributed by atoms with Gasteiger partial charge >= 0.3 is 6.18 Å². The van der Waals surface area contributed by atoms with E-state index in [9.17, 15) is 18.0 Å². The Labute approximate surface area is 129 Å². The van der Waals surface area contributed by atoms with Gasteiger partial charge in [0, 0.05) is 25.2 Å². The number of rotatable bonds is 6. The van der Waals surface area contributed by atoms with Crippen LogP contribution in [0.4, 0.5) is 13.2 Å². The molecule has 0 aliphatic heterocycles. The van der Waals surface area contributed by atoms with Crippen molar-refractivity contribution in [3.8, 4) is 0 Å². The molecule has 5 nitrogen and oxygen atoms in total. The van der Waals surface area contributed by atoms with Crippen LogP contribution in [0.15, 0.2) is 17.8 Å². The number of alkyl halides is 3. The molecule has 0 atom stereocenters. The third kappa shape index (κ3) is 4.06. The van der Waals surface area contributed by atoms with Crippen molar-refractivity contribution in [2.24, 2.45) is 7.05 Å². The van der Waals surface area contributed by atoms with Gasteiger partial charge in [-0.1, -0.05) is 0 Å². The molecule has 2 heterocycles. The van der Waals surface area contributed by atoms with Gasteiger partial charge < -0.3 is 5.32 Å². The Kier molecular flexibility index (Phi) is 5.17. The summed E-state index contributed by atoms with van der Waals surface area (Å²) in [5, 5.41) is 8.91. The van der Waals surface area contributed by atoms with Crippen molar-refractivity contribution in [2.45, 2.75) is 25.4 Å². The second-order valence-electron chi connectivity index (χ2n) is 4.67. The summed E-state index contributed by atoms with van der Waals surface area (Å²) in [4.78, 5) is 16.0. The molecule has 0 fully saturated rings. The number of unbranched alkanes of at least 4 members (excludes halogenated alkanes) is 1.